The minimum Gasteiger partial charge on any atom is -0.466 e. The molecule has 0 radical (unpaired) electrons. The second-order valence-electron chi connectivity index (χ2n) is 9.42. The molecule has 2 fully saturated rings. The van der Waals surface area contributed by atoms with E-state index in [1.807, 2.05) is 37.4 Å². The van der Waals surface area contributed by atoms with Gasteiger partial charge in [0.05, 0.1) is 17.7 Å². The van der Waals surface area contributed by atoms with Gasteiger partial charge in [-0.1, -0.05) is 48.6 Å². The average molecular weight is 448 g/mol. The third kappa shape index (κ3) is 6.30. The average Bonchev–Trinajstić information content (AvgIpc) is 2.86. The van der Waals surface area contributed by atoms with Gasteiger partial charge in [-0.2, -0.15) is 0 Å². The molecule has 0 N–H and O–H groups in total. The van der Waals surface area contributed by atoms with Crippen LogP contribution in [0.3, 0.4) is 0 Å². The molecule has 0 amide bonds. The molecule has 0 saturated carbocycles. The highest BCUT2D eigenvalue weighted by Crippen LogP contribution is 2.37. The Morgan fingerprint density at radius 3 is 2.64 bits per heavy atom. The van der Waals surface area contributed by atoms with Crippen LogP contribution in [0.4, 0.5) is 0 Å². The molecule has 2 aromatic rings. The molecule has 2 aliphatic heterocycles. The fourth-order valence-corrected chi connectivity index (χ4v) is 5.33. The molecule has 1 aromatic heterocycles. The maximum Gasteiger partial charge on any atom is 0.313 e. The van der Waals surface area contributed by atoms with Crippen molar-refractivity contribution in [3.8, 4) is 0 Å². The summed E-state index contributed by atoms with van der Waals surface area (Å²) in [6.45, 7) is 7.31. The van der Waals surface area contributed by atoms with E-state index in [0.29, 0.717) is 12.6 Å². The van der Waals surface area contributed by atoms with Crippen LogP contribution in [0.5, 0.6) is 0 Å². The summed E-state index contributed by atoms with van der Waals surface area (Å²) < 4.78 is 5.59. The van der Waals surface area contributed by atoms with E-state index in [-0.39, 0.29) is 5.97 Å². The lowest BCUT2D eigenvalue weighted by molar-refractivity contribution is -0.160. The molecule has 4 rings (SSSR count). The zero-order valence-corrected chi connectivity index (χ0v) is 19.9. The van der Waals surface area contributed by atoms with Crippen molar-refractivity contribution >= 4 is 12.0 Å². The SMILES string of the molecule is CCOC(=O)C1(C/C=C/c2ccccc2)CCCN(C2CCN(Cc3ccccn3)CC2)C1. The fourth-order valence-electron chi connectivity index (χ4n) is 5.33. The van der Waals surface area contributed by atoms with E-state index in [1.54, 1.807) is 0 Å². The number of hydrogen-bond acceptors (Lipinski definition) is 5. The van der Waals surface area contributed by atoms with Gasteiger partial charge in [0.15, 0.2) is 0 Å². The van der Waals surface area contributed by atoms with Gasteiger partial charge in [0, 0.05) is 38.4 Å². The summed E-state index contributed by atoms with van der Waals surface area (Å²) in [5.41, 5.74) is 1.87. The van der Waals surface area contributed by atoms with Gasteiger partial charge in [0.1, 0.15) is 0 Å². The lowest BCUT2D eigenvalue weighted by Gasteiger charge is -2.46. The monoisotopic (exact) mass is 447 g/mol. The first-order valence-corrected chi connectivity index (χ1v) is 12.4. The molecule has 2 saturated heterocycles. The van der Waals surface area contributed by atoms with E-state index >= 15 is 0 Å². The van der Waals surface area contributed by atoms with Crippen molar-refractivity contribution in [2.75, 3.05) is 32.8 Å². The summed E-state index contributed by atoms with van der Waals surface area (Å²) in [6.07, 6.45) is 11.2. The molecule has 0 spiro atoms. The van der Waals surface area contributed by atoms with Crippen molar-refractivity contribution < 1.29 is 9.53 Å². The summed E-state index contributed by atoms with van der Waals surface area (Å²) in [5, 5.41) is 0. The van der Waals surface area contributed by atoms with Crippen molar-refractivity contribution in [3.63, 3.8) is 0 Å². The van der Waals surface area contributed by atoms with Gasteiger partial charge in [-0.15, -0.1) is 0 Å². The molecule has 2 aliphatic rings. The third-order valence-electron chi connectivity index (χ3n) is 7.12. The number of pyridine rings is 1. The second-order valence-corrected chi connectivity index (χ2v) is 9.42. The van der Waals surface area contributed by atoms with Crippen molar-refractivity contribution in [3.05, 3.63) is 72.1 Å². The molecular weight excluding hydrogens is 410 g/mol. The molecule has 0 aliphatic carbocycles. The third-order valence-corrected chi connectivity index (χ3v) is 7.12. The molecular formula is C28H37N3O2. The maximum atomic E-state index is 13.1. The molecule has 5 nitrogen and oxygen atoms in total. The smallest absolute Gasteiger partial charge is 0.313 e. The van der Waals surface area contributed by atoms with Gasteiger partial charge in [-0.3, -0.25) is 19.6 Å². The number of ether oxygens (including phenoxy) is 1. The summed E-state index contributed by atoms with van der Waals surface area (Å²) >= 11 is 0. The van der Waals surface area contributed by atoms with Crippen molar-refractivity contribution in [2.45, 2.75) is 51.6 Å². The summed E-state index contributed by atoms with van der Waals surface area (Å²) in [4.78, 5) is 22.7. The zero-order valence-electron chi connectivity index (χ0n) is 19.9. The Bertz CT molecular complexity index is 894. The van der Waals surface area contributed by atoms with Crippen LogP contribution in [0.1, 0.15) is 50.3 Å². The number of hydrogen-bond donors (Lipinski definition) is 0. The molecule has 1 atom stereocenters. The Hall–Kier alpha value is -2.50. The first-order valence-electron chi connectivity index (χ1n) is 12.4. The van der Waals surface area contributed by atoms with E-state index in [2.05, 4.69) is 51.2 Å². The van der Waals surface area contributed by atoms with Gasteiger partial charge >= 0.3 is 5.97 Å². The Morgan fingerprint density at radius 1 is 1.12 bits per heavy atom. The quantitative estimate of drug-likeness (QED) is 0.544. The highest BCUT2D eigenvalue weighted by Gasteiger charge is 2.44. The molecule has 0 bridgehead atoms. The van der Waals surface area contributed by atoms with Crippen LogP contribution in [0.25, 0.3) is 6.08 Å². The Labute approximate surface area is 198 Å². The minimum absolute atomic E-state index is 0.0278. The van der Waals surface area contributed by atoms with Crippen molar-refractivity contribution in [2.24, 2.45) is 5.41 Å². The van der Waals surface area contributed by atoms with Crippen LogP contribution in [0, 0.1) is 5.41 Å². The summed E-state index contributed by atoms with van der Waals surface area (Å²) in [6, 6.07) is 17.0. The Kier molecular flexibility index (Phi) is 8.30. The first kappa shape index (κ1) is 23.7. The summed E-state index contributed by atoms with van der Waals surface area (Å²) in [7, 11) is 0. The molecule has 176 valence electrons. The molecule has 1 aromatic carbocycles. The lowest BCUT2D eigenvalue weighted by atomic mass is 9.76. The molecule has 3 heterocycles. The zero-order chi connectivity index (χ0) is 22.9. The van der Waals surface area contributed by atoms with Gasteiger partial charge < -0.3 is 4.74 Å². The Morgan fingerprint density at radius 2 is 1.91 bits per heavy atom. The summed E-state index contributed by atoms with van der Waals surface area (Å²) in [5.74, 6) is -0.0278. The van der Waals surface area contributed by atoms with Gasteiger partial charge in [-0.25, -0.2) is 0 Å². The number of piperidine rings is 2. The number of carbonyl (C=O) groups excluding carboxylic acids is 1. The number of aromatic nitrogens is 1. The largest absolute Gasteiger partial charge is 0.466 e. The number of benzene rings is 1. The highest BCUT2D eigenvalue weighted by atomic mass is 16.5. The topological polar surface area (TPSA) is 45.7 Å². The van der Waals surface area contributed by atoms with E-state index in [0.717, 1.165) is 70.5 Å². The number of carbonyl (C=O) groups is 1. The van der Waals surface area contributed by atoms with E-state index in [4.69, 9.17) is 4.74 Å². The second kappa shape index (κ2) is 11.6. The number of allylic oxidation sites excluding steroid dienone is 1. The molecule has 5 heteroatoms. The van der Waals surface area contributed by atoms with E-state index in [1.165, 1.54) is 5.56 Å². The van der Waals surface area contributed by atoms with E-state index in [9.17, 15) is 4.79 Å². The Balaban J connectivity index is 1.38. The number of esters is 1. The van der Waals surface area contributed by atoms with Crippen LogP contribution in [0.15, 0.2) is 60.8 Å². The lowest BCUT2D eigenvalue weighted by Crippen LogP contribution is -2.54. The number of nitrogens with zero attached hydrogens (tertiary/aromatic N) is 3. The van der Waals surface area contributed by atoms with Crippen LogP contribution in [0.2, 0.25) is 0 Å². The first-order chi connectivity index (χ1) is 16.2. The van der Waals surface area contributed by atoms with Gasteiger partial charge in [-0.05, 0) is 63.3 Å². The van der Waals surface area contributed by atoms with Crippen LogP contribution in [-0.2, 0) is 16.1 Å². The normalized spacial score (nSPS) is 23.1. The predicted octanol–water partition coefficient (Wildman–Crippen LogP) is 4.79. The van der Waals surface area contributed by atoms with E-state index < -0.39 is 5.41 Å². The standard InChI is InChI=1S/C28H37N3O2/c1-2-33-27(32)28(16-8-12-24-10-4-3-5-11-24)17-9-19-31(23-28)26-14-20-30(21-15-26)22-25-13-6-7-18-29-25/h3-8,10-13,18,26H,2,9,14-17,19-23H2,1H3/b12-8+. The maximum absolute atomic E-state index is 13.1. The van der Waals surface area contributed by atoms with Crippen molar-refractivity contribution in [1.82, 2.24) is 14.8 Å². The van der Waals surface area contributed by atoms with Crippen molar-refractivity contribution in [1.29, 1.82) is 0 Å². The molecule has 1 unspecified atom stereocenters. The number of rotatable bonds is 8. The fraction of sp³-hybridized carbons (Fsp3) is 0.500. The molecule has 33 heavy (non-hydrogen) atoms. The van der Waals surface area contributed by atoms with Gasteiger partial charge in [0.2, 0.25) is 0 Å². The van der Waals surface area contributed by atoms with Crippen LogP contribution in [-0.4, -0.2) is 59.6 Å². The van der Waals surface area contributed by atoms with Gasteiger partial charge in [0.25, 0.3) is 0 Å². The predicted molar refractivity (Wildman–Crippen MR) is 133 cm³/mol. The highest BCUT2D eigenvalue weighted by molar-refractivity contribution is 5.78. The number of likely N-dealkylation sites (tertiary alicyclic amines) is 2. The van der Waals surface area contributed by atoms with Crippen LogP contribution >= 0.6 is 0 Å². The minimum atomic E-state index is -0.440. The van der Waals surface area contributed by atoms with Crippen LogP contribution < -0.4 is 0 Å².